The van der Waals surface area contributed by atoms with Gasteiger partial charge in [0.2, 0.25) is 5.75 Å². The molecule has 2 saturated carbocycles. The summed E-state index contributed by atoms with van der Waals surface area (Å²) in [5.74, 6) is -5.90. The predicted molar refractivity (Wildman–Crippen MR) is 143 cm³/mol. The second kappa shape index (κ2) is 14.1. The minimum absolute atomic E-state index is 0.0950. The molecule has 0 aliphatic heterocycles. The molecular weight excluding hydrogens is 568 g/mol. The molecule has 0 bridgehead atoms. The average Bonchev–Trinajstić information content (AvgIpc) is 2.95. The molecule has 2 aromatic carbocycles. The molecule has 0 heterocycles. The second-order valence-electron chi connectivity index (χ2n) is 11.6. The maximum Gasteiger partial charge on any atom is 0.400 e. The molecule has 42 heavy (non-hydrogen) atoms. The van der Waals surface area contributed by atoms with Crippen molar-refractivity contribution in [1.82, 2.24) is 0 Å². The monoisotopic (exact) mass is 604 g/mol. The molecule has 0 saturated heterocycles. The van der Waals surface area contributed by atoms with Gasteiger partial charge >= 0.3 is 18.2 Å². The fourth-order valence-corrected chi connectivity index (χ4v) is 6.42. The molecule has 2 aliphatic rings. The summed E-state index contributed by atoms with van der Waals surface area (Å²) >= 11 is 0. The van der Waals surface area contributed by atoms with Gasteiger partial charge in [-0.2, -0.15) is 22.0 Å². The van der Waals surface area contributed by atoms with Gasteiger partial charge < -0.3 is 9.47 Å². The van der Waals surface area contributed by atoms with Crippen LogP contribution in [-0.2, 0) is 6.42 Å². The number of hydrogen-bond acceptors (Lipinski definition) is 2. The van der Waals surface area contributed by atoms with E-state index in [1.807, 2.05) is 12.1 Å². The third-order valence-electron chi connectivity index (χ3n) is 8.80. The normalized spacial score (nSPS) is 23.0. The third kappa shape index (κ3) is 8.19. The van der Waals surface area contributed by atoms with E-state index in [1.54, 1.807) is 6.07 Å². The molecule has 2 nitrogen and oxygen atoms in total. The molecule has 10 heteroatoms. The van der Waals surface area contributed by atoms with Crippen molar-refractivity contribution < 1.29 is 44.6 Å². The Bertz CT molecular complexity index is 1200. The summed E-state index contributed by atoms with van der Waals surface area (Å²) in [6, 6.07) is 3.66. The number of aryl methyl sites for hydroxylation is 1. The molecule has 0 amide bonds. The fourth-order valence-electron chi connectivity index (χ4n) is 6.42. The summed E-state index contributed by atoms with van der Waals surface area (Å²) in [7, 11) is 0. The van der Waals surface area contributed by atoms with Crippen molar-refractivity contribution in [2.24, 2.45) is 17.8 Å². The highest BCUT2D eigenvalue weighted by Gasteiger charge is 2.44. The zero-order valence-corrected chi connectivity index (χ0v) is 23.5. The largest absolute Gasteiger partial charge is 0.432 e. The molecule has 0 unspecified atom stereocenters. The van der Waals surface area contributed by atoms with Crippen molar-refractivity contribution in [2.75, 3.05) is 0 Å². The van der Waals surface area contributed by atoms with Crippen LogP contribution in [0.4, 0.5) is 35.1 Å². The van der Waals surface area contributed by atoms with E-state index in [0.717, 1.165) is 24.3 Å². The number of hydrogen-bond donors (Lipinski definition) is 0. The van der Waals surface area contributed by atoms with E-state index in [2.05, 4.69) is 16.4 Å². The smallest absolute Gasteiger partial charge is 0.400 e. The number of ether oxygens (including phenoxy) is 2. The lowest BCUT2D eigenvalue weighted by Crippen LogP contribution is -2.37. The summed E-state index contributed by atoms with van der Waals surface area (Å²) < 4.78 is 118. The standard InChI is InChI=1S/C32H36F8O2/c1-2-3-19-4-9-21(10-5-19)23-13-12-22(26(33)16-23)11-6-20-7-14-24(15-8-20)32(39,40)42-25-17-27(34)29(28(35)18-25)41-31(38)30(36)37/h12-13,16-21,24H,2-11,14-15H2,1H3. The second-order valence-corrected chi connectivity index (χ2v) is 11.6. The maximum absolute atomic E-state index is 14.9. The minimum atomic E-state index is -3.76. The number of halogens is 8. The topological polar surface area (TPSA) is 18.5 Å². The zero-order chi connectivity index (χ0) is 30.4. The molecule has 2 aromatic rings. The van der Waals surface area contributed by atoms with E-state index in [4.69, 9.17) is 0 Å². The molecule has 0 radical (unpaired) electrons. The lowest BCUT2D eigenvalue weighted by Gasteiger charge is -2.33. The van der Waals surface area contributed by atoms with Crippen molar-refractivity contribution >= 4 is 0 Å². The van der Waals surface area contributed by atoms with Crippen LogP contribution in [0, 0.1) is 35.2 Å². The van der Waals surface area contributed by atoms with Gasteiger partial charge in [-0.3, -0.25) is 0 Å². The van der Waals surface area contributed by atoms with E-state index in [1.165, 1.54) is 25.7 Å². The molecule has 0 spiro atoms. The SMILES string of the molecule is CCCC1CCC(c2ccc(CCC3CCC(C(F)(F)Oc4cc(F)c(OC(F)=C(F)F)c(F)c4)CC3)c(F)c2)CC1. The molecule has 2 aliphatic carbocycles. The zero-order valence-electron chi connectivity index (χ0n) is 23.5. The third-order valence-corrected chi connectivity index (χ3v) is 8.80. The fraction of sp³-hybridized carbons (Fsp3) is 0.562. The van der Waals surface area contributed by atoms with E-state index < -0.39 is 47.3 Å². The van der Waals surface area contributed by atoms with Gasteiger partial charge in [-0.1, -0.05) is 31.9 Å². The summed E-state index contributed by atoms with van der Waals surface area (Å²) in [6.07, 6.45) is 2.57. The Labute approximate surface area is 241 Å². The molecule has 2 fully saturated rings. The highest BCUT2D eigenvalue weighted by atomic mass is 19.3. The molecule has 0 aromatic heterocycles. The van der Waals surface area contributed by atoms with Gasteiger partial charge in [0.15, 0.2) is 11.6 Å². The van der Waals surface area contributed by atoms with E-state index in [0.29, 0.717) is 49.3 Å². The van der Waals surface area contributed by atoms with Gasteiger partial charge in [0.05, 0.1) is 5.92 Å². The molecule has 232 valence electrons. The Morgan fingerprint density at radius 1 is 0.786 bits per heavy atom. The van der Waals surface area contributed by atoms with E-state index in [-0.39, 0.29) is 24.6 Å². The quantitative estimate of drug-likeness (QED) is 0.188. The first kappa shape index (κ1) is 32.1. The Balaban J connectivity index is 1.26. The van der Waals surface area contributed by atoms with Crippen molar-refractivity contribution in [2.45, 2.75) is 96.0 Å². The maximum atomic E-state index is 14.9. The Morgan fingerprint density at radius 2 is 1.38 bits per heavy atom. The first-order valence-electron chi connectivity index (χ1n) is 14.7. The van der Waals surface area contributed by atoms with Crippen LogP contribution in [0.5, 0.6) is 11.5 Å². The van der Waals surface area contributed by atoms with Gasteiger partial charge in [-0.25, -0.2) is 13.2 Å². The van der Waals surface area contributed by atoms with Crippen LogP contribution in [0.2, 0.25) is 0 Å². The molecule has 4 rings (SSSR count). The number of rotatable bonds is 11. The predicted octanol–water partition coefficient (Wildman–Crippen LogP) is 11.0. The van der Waals surface area contributed by atoms with Gasteiger partial charge in [-0.05, 0) is 99.2 Å². The van der Waals surface area contributed by atoms with Crippen LogP contribution in [0.25, 0.3) is 0 Å². The average molecular weight is 605 g/mol. The van der Waals surface area contributed by atoms with Crippen molar-refractivity contribution in [3.05, 3.63) is 71.0 Å². The van der Waals surface area contributed by atoms with Crippen LogP contribution >= 0.6 is 0 Å². The lowest BCUT2D eigenvalue weighted by molar-refractivity contribution is -0.223. The highest BCUT2D eigenvalue weighted by Crippen LogP contribution is 2.42. The lowest BCUT2D eigenvalue weighted by atomic mass is 9.77. The van der Waals surface area contributed by atoms with Crippen LogP contribution in [0.15, 0.2) is 42.4 Å². The highest BCUT2D eigenvalue weighted by molar-refractivity contribution is 5.36. The van der Waals surface area contributed by atoms with Gasteiger partial charge in [0.1, 0.15) is 11.6 Å². The Morgan fingerprint density at radius 3 is 1.95 bits per heavy atom. The Hall–Kier alpha value is -2.78. The van der Waals surface area contributed by atoms with Crippen molar-refractivity contribution in [3.63, 3.8) is 0 Å². The summed E-state index contributed by atoms with van der Waals surface area (Å²) in [6.45, 7) is 2.20. The molecule has 0 N–H and O–H groups in total. The van der Waals surface area contributed by atoms with Crippen LogP contribution in [0.1, 0.15) is 94.6 Å². The first-order chi connectivity index (χ1) is 20.0. The summed E-state index contributed by atoms with van der Waals surface area (Å²) in [4.78, 5) is 0. The van der Waals surface area contributed by atoms with Crippen LogP contribution < -0.4 is 9.47 Å². The van der Waals surface area contributed by atoms with E-state index >= 15 is 0 Å². The first-order valence-corrected chi connectivity index (χ1v) is 14.7. The van der Waals surface area contributed by atoms with Crippen LogP contribution in [0.3, 0.4) is 0 Å². The molecular formula is C32H36F8O2. The molecule has 0 atom stereocenters. The summed E-state index contributed by atoms with van der Waals surface area (Å²) in [5, 5.41) is 0. The van der Waals surface area contributed by atoms with Crippen LogP contribution in [-0.4, -0.2) is 6.11 Å². The van der Waals surface area contributed by atoms with Gasteiger partial charge in [-0.15, -0.1) is 0 Å². The summed E-state index contributed by atoms with van der Waals surface area (Å²) in [5.41, 5.74) is 1.67. The minimum Gasteiger partial charge on any atom is -0.432 e. The number of benzene rings is 2. The van der Waals surface area contributed by atoms with E-state index in [9.17, 15) is 35.1 Å². The van der Waals surface area contributed by atoms with Gasteiger partial charge in [0.25, 0.3) is 0 Å². The number of alkyl halides is 2. The van der Waals surface area contributed by atoms with Gasteiger partial charge in [0, 0.05) is 12.1 Å². The Kier molecular flexibility index (Phi) is 10.8. The van der Waals surface area contributed by atoms with Crippen molar-refractivity contribution in [3.8, 4) is 11.5 Å². The van der Waals surface area contributed by atoms with Crippen molar-refractivity contribution in [1.29, 1.82) is 0 Å².